The minimum atomic E-state index is 0. The maximum atomic E-state index is 4.64. The maximum absolute atomic E-state index is 4.64. The van der Waals surface area contributed by atoms with Gasteiger partial charge in [0.05, 0.1) is 29.8 Å². The van der Waals surface area contributed by atoms with Crippen LogP contribution in [0.1, 0.15) is 11.5 Å². The number of guanidine groups is 1. The summed E-state index contributed by atoms with van der Waals surface area (Å²) in [5.74, 6) is 1.69. The molecule has 2 aromatic heterocycles. The fourth-order valence-electron chi connectivity index (χ4n) is 2.41. The third kappa shape index (κ3) is 4.22. The van der Waals surface area contributed by atoms with Crippen LogP contribution in [-0.4, -0.2) is 27.5 Å². The zero-order valence-corrected chi connectivity index (χ0v) is 16.1. The van der Waals surface area contributed by atoms with Crippen molar-refractivity contribution in [1.82, 2.24) is 25.2 Å². The van der Waals surface area contributed by atoms with Crippen LogP contribution >= 0.6 is 24.0 Å². The number of pyridine rings is 1. The Morgan fingerprint density at radius 3 is 2.54 bits per heavy atom. The molecule has 0 aliphatic carbocycles. The average Bonchev–Trinajstić information content (AvgIpc) is 2.92. The molecule has 0 spiro atoms. The number of nitrogens with one attached hydrogen (secondary N) is 2. The van der Waals surface area contributed by atoms with E-state index in [0.29, 0.717) is 13.1 Å². The third-order valence-electron chi connectivity index (χ3n) is 3.68. The number of halogens is 1. The molecule has 0 saturated heterocycles. The highest BCUT2D eigenvalue weighted by Crippen LogP contribution is 2.13. The first-order valence-electron chi connectivity index (χ1n) is 7.52. The Kier molecular flexibility index (Phi) is 6.53. The second-order valence-electron chi connectivity index (χ2n) is 5.18. The van der Waals surface area contributed by atoms with E-state index in [4.69, 9.17) is 0 Å². The van der Waals surface area contributed by atoms with Crippen molar-refractivity contribution in [3.63, 3.8) is 0 Å². The molecule has 0 atom stereocenters. The molecule has 0 amide bonds. The third-order valence-corrected chi connectivity index (χ3v) is 3.68. The summed E-state index contributed by atoms with van der Waals surface area (Å²) in [7, 11) is 3.78. The van der Waals surface area contributed by atoms with Gasteiger partial charge in [-0.15, -0.1) is 24.0 Å². The van der Waals surface area contributed by atoms with Crippen LogP contribution in [-0.2, 0) is 20.1 Å². The van der Waals surface area contributed by atoms with Crippen molar-refractivity contribution in [1.29, 1.82) is 0 Å². The SMILES string of the molecule is CN=C(NCc1ccccn1)NCc1nc2ccccc2n1C.I. The van der Waals surface area contributed by atoms with Crippen molar-refractivity contribution in [3.8, 4) is 0 Å². The fourth-order valence-corrected chi connectivity index (χ4v) is 2.41. The standard InChI is InChI=1S/C17H20N6.HI/c1-18-17(20-11-13-7-5-6-10-19-13)21-12-16-22-14-8-3-4-9-15(14)23(16)2;/h3-10H,11-12H2,1-2H3,(H2,18,20,21);1H. The molecular formula is C17H21IN6. The Labute approximate surface area is 158 Å². The Morgan fingerprint density at radius 2 is 1.83 bits per heavy atom. The zero-order valence-electron chi connectivity index (χ0n) is 13.7. The predicted octanol–water partition coefficient (Wildman–Crippen LogP) is 2.45. The molecule has 0 bridgehead atoms. The smallest absolute Gasteiger partial charge is 0.191 e. The van der Waals surface area contributed by atoms with Crippen molar-refractivity contribution in [2.24, 2.45) is 12.0 Å². The van der Waals surface area contributed by atoms with E-state index in [2.05, 4.69) is 36.2 Å². The molecule has 6 nitrogen and oxygen atoms in total. The summed E-state index contributed by atoms with van der Waals surface area (Å²) >= 11 is 0. The summed E-state index contributed by atoms with van der Waals surface area (Å²) in [6.45, 7) is 1.23. The molecule has 126 valence electrons. The lowest BCUT2D eigenvalue weighted by Crippen LogP contribution is -2.37. The summed E-state index contributed by atoms with van der Waals surface area (Å²) in [4.78, 5) is 13.2. The maximum Gasteiger partial charge on any atom is 0.191 e. The lowest BCUT2D eigenvalue weighted by Gasteiger charge is -2.11. The van der Waals surface area contributed by atoms with Gasteiger partial charge >= 0.3 is 0 Å². The van der Waals surface area contributed by atoms with Gasteiger partial charge < -0.3 is 15.2 Å². The van der Waals surface area contributed by atoms with Crippen molar-refractivity contribution < 1.29 is 0 Å². The van der Waals surface area contributed by atoms with E-state index in [1.54, 1.807) is 13.2 Å². The van der Waals surface area contributed by atoms with Gasteiger partial charge in [-0.1, -0.05) is 18.2 Å². The number of para-hydroxylation sites is 2. The van der Waals surface area contributed by atoms with Crippen LogP contribution in [0.15, 0.2) is 53.7 Å². The van der Waals surface area contributed by atoms with Gasteiger partial charge in [0.25, 0.3) is 0 Å². The molecule has 24 heavy (non-hydrogen) atoms. The molecule has 0 aliphatic rings. The number of benzene rings is 1. The van der Waals surface area contributed by atoms with E-state index in [9.17, 15) is 0 Å². The van der Waals surface area contributed by atoms with E-state index in [1.807, 2.05) is 43.4 Å². The quantitative estimate of drug-likeness (QED) is 0.375. The van der Waals surface area contributed by atoms with E-state index < -0.39 is 0 Å². The van der Waals surface area contributed by atoms with E-state index in [0.717, 1.165) is 28.5 Å². The Morgan fingerprint density at radius 1 is 1.08 bits per heavy atom. The van der Waals surface area contributed by atoms with Crippen molar-refractivity contribution in [2.75, 3.05) is 7.05 Å². The van der Waals surface area contributed by atoms with Gasteiger partial charge in [-0.3, -0.25) is 9.98 Å². The molecule has 2 heterocycles. The van der Waals surface area contributed by atoms with Gasteiger partial charge in [-0.2, -0.15) is 0 Å². The lowest BCUT2D eigenvalue weighted by atomic mass is 10.3. The first-order valence-corrected chi connectivity index (χ1v) is 7.52. The highest BCUT2D eigenvalue weighted by Gasteiger charge is 2.07. The summed E-state index contributed by atoms with van der Waals surface area (Å²) in [5, 5.41) is 6.53. The van der Waals surface area contributed by atoms with Gasteiger partial charge in [0.2, 0.25) is 0 Å². The number of nitrogens with zero attached hydrogens (tertiary/aromatic N) is 4. The van der Waals surface area contributed by atoms with Crippen LogP contribution in [0.25, 0.3) is 11.0 Å². The topological polar surface area (TPSA) is 67.1 Å². The van der Waals surface area contributed by atoms with Crippen LogP contribution < -0.4 is 10.6 Å². The summed E-state index contributed by atoms with van der Waals surface area (Å²) in [6, 6.07) is 14.0. The molecule has 0 saturated carbocycles. The second kappa shape index (κ2) is 8.62. The first-order chi connectivity index (χ1) is 11.3. The molecule has 0 radical (unpaired) electrons. The normalized spacial score (nSPS) is 11.2. The summed E-state index contributed by atoms with van der Waals surface area (Å²) in [6.07, 6.45) is 1.78. The Hall–Kier alpha value is -2.16. The average molecular weight is 436 g/mol. The van der Waals surface area contributed by atoms with Crippen molar-refractivity contribution in [3.05, 3.63) is 60.2 Å². The van der Waals surface area contributed by atoms with Crippen LogP contribution in [0.2, 0.25) is 0 Å². The zero-order chi connectivity index (χ0) is 16.1. The first kappa shape index (κ1) is 18.2. The summed E-state index contributed by atoms with van der Waals surface area (Å²) < 4.78 is 2.09. The molecule has 2 N–H and O–H groups in total. The van der Waals surface area contributed by atoms with Gasteiger partial charge in [0.1, 0.15) is 5.82 Å². The van der Waals surface area contributed by atoms with Crippen LogP contribution in [0.5, 0.6) is 0 Å². The number of aliphatic imine (C=N–C) groups is 1. The summed E-state index contributed by atoms with van der Waals surface area (Å²) in [5.41, 5.74) is 3.10. The Bertz CT molecular complexity index is 812. The van der Waals surface area contributed by atoms with Gasteiger partial charge in [0, 0.05) is 20.3 Å². The minimum absolute atomic E-state index is 0. The number of aromatic nitrogens is 3. The van der Waals surface area contributed by atoms with E-state index >= 15 is 0 Å². The molecule has 0 fully saturated rings. The van der Waals surface area contributed by atoms with Crippen molar-refractivity contribution in [2.45, 2.75) is 13.1 Å². The van der Waals surface area contributed by atoms with Gasteiger partial charge in [0.15, 0.2) is 5.96 Å². The van der Waals surface area contributed by atoms with E-state index in [-0.39, 0.29) is 24.0 Å². The van der Waals surface area contributed by atoms with Crippen LogP contribution in [0.3, 0.4) is 0 Å². The van der Waals surface area contributed by atoms with Crippen LogP contribution in [0, 0.1) is 0 Å². The molecule has 0 unspecified atom stereocenters. The number of hydrogen-bond donors (Lipinski definition) is 2. The lowest BCUT2D eigenvalue weighted by molar-refractivity contribution is 0.733. The monoisotopic (exact) mass is 436 g/mol. The Balaban J connectivity index is 0.00000208. The van der Waals surface area contributed by atoms with E-state index in [1.165, 1.54) is 0 Å². The number of fused-ring (bicyclic) bond motifs is 1. The van der Waals surface area contributed by atoms with Gasteiger partial charge in [-0.25, -0.2) is 4.98 Å². The second-order valence-corrected chi connectivity index (χ2v) is 5.18. The predicted molar refractivity (Wildman–Crippen MR) is 107 cm³/mol. The molecule has 3 rings (SSSR count). The molecule has 3 aromatic rings. The van der Waals surface area contributed by atoms with Crippen LogP contribution in [0.4, 0.5) is 0 Å². The fraction of sp³-hybridized carbons (Fsp3) is 0.235. The number of rotatable bonds is 4. The number of aryl methyl sites for hydroxylation is 1. The number of imidazole rings is 1. The van der Waals surface area contributed by atoms with Crippen molar-refractivity contribution >= 4 is 41.0 Å². The minimum Gasteiger partial charge on any atom is -0.351 e. The molecular weight excluding hydrogens is 415 g/mol. The molecule has 1 aromatic carbocycles. The largest absolute Gasteiger partial charge is 0.351 e. The number of hydrogen-bond acceptors (Lipinski definition) is 3. The molecule has 0 aliphatic heterocycles. The highest BCUT2D eigenvalue weighted by molar-refractivity contribution is 14.0. The van der Waals surface area contributed by atoms with Gasteiger partial charge in [-0.05, 0) is 24.3 Å². The molecule has 7 heteroatoms. The highest BCUT2D eigenvalue weighted by atomic mass is 127.